The minimum Gasteiger partial charge on any atom is -0.507 e. The number of ether oxygens (including phenoxy) is 5. The second kappa shape index (κ2) is 18.3. The zero-order valence-electron chi connectivity index (χ0n) is 35.1. The van der Waals surface area contributed by atoms with E-state index in [4.69, 9.17) is 23.7 Å². The molecule has 9 unspecified atom stereocenters. The van der Waals surface area contributed by atoms with Gasteiger partial charge in [0.25, 0.3) is 11.7 Å². The molecular formula is C43H60N2O12. The third-order valence-corrected chi connectivity index (χ3v) is 11.6. The average molecular weight is 797 g/mol. The van der Waals surface area contributed by atoms with E-state index in [0.717, 1.165) is 0 Å². The molecule has 14 nitrogen and oxygen atoms in total. The van der Waals surface area contributed by atoms with E-state index in [2.05, 4.69) is 5.32 Å². The van der Waals surface area contributed by atoms with Crippen molar-refractivity contribution in [3.8, 4) is 23.0 Å². The Labute approximate surface area is 335 Å². The smallest absolute Gasteiger partial charge is 0.312 e. The number of nitrogens with one attached hydrogen (secondary N) is 1. The SMILES string of the molecule is CCN(CC)Cc1c2c(O)c3c(OC)c(C)c4c(c3c1O)C(=O)C(C)(O/C=C/C(OC)C(C)C(OC(C)=O)C(C)C(O)C(C)C(O)C(C)/C=C/C=C(/C)C(=O)N2)O4. The largest absolute Gasteiger partial charge is 0.507 e. The summed E-state index contributed by atoms with van der Waals surface area (Å²) in [5, 5.41) is 49.9. The normalized spacial score (nSPS) is 30.7. The highest BCUT2D eigenvalue weighted by Crippen LogP contribution is 2.55. The molecule has 0 saturated heterocycles. The van der Waals surface area contributed by atoms with Gasteiger partial charge in [0.15, 0.2) is 5.75 Å². The summed E-state index contributed by atoms with van der Waals surface area (Å²) in [5.41, 5.74) is 0.653. The van der Waals surface area contributed by atoms with Crippen molar-refractivity contribution >= 4 is 34.1 Å². The summed E-state index contributed by atoms with van der Waals surface area (Å²) in [6.07, 6.45) is 3.89. The lowest BCUT2D eigenvalue weighted by molar-refractivity contribution is -0.160. The summed E-state index contributed by atoms with van der Waals surface area (Å²) in [4.78, 5) is 42.6. The van der Waals surface area contributed by atoms with Crippen LogP contribution < -0.4 is 14.8 Å². The first-order valence-corrected chi connectivity index (χ1v) is 19.4. The summed E-state index contributed by atoms with van der Waals surface area (Å²) in [6.45, 7) is 18.0. The predicted octanol–water partition coefficient (Wildman–Crippen LogP) is 5.90. The molecule has 3 aliphatic heterocycles. The van der Waals surface area contributed by atoms with Crippen LogP contribution in [0.1, 0.15) is 83.8 Å². The molecule has 57 heavy (non-hydrogen) atoms. The van der Waals surface area contributed by atoms with Crippen LogP contribution in [0.15, 0.2) is 36.1 Å². The number of methoxy groups -OCH3 is 2. The number of hydrogen-bond donors (Lipinski definition) is 5. The van der Waals surface area contributed by atoms with E-state index in [1.165, 1.54) is 40.4 Å². The minimum absolute atomic E-state index is 0.00408. The molecule has 1 amide bonds. The number of phenolic OH excluding ortho intramolecular Hbond substituents is 2. The number of aromatic hydroxyl groups is 2. The van der Waals surface area contributed by atoms with Gasteiger partial charge in [0.05, 0.1) is 48.3 Å². The van der Waals surface area contributed by atoms with Gasteiger partial charge in [-0.25, -0.2) is 0 Å². The maximum atomic E-state index is 14.5. The van der Waals surface area contributed by atoms with Crippen LogP contribution in [0, 0.1) is 30.6 Å². The molecule has 9 atom stereocenters. The van der Waals surface area contributed by atoms with Crippen molar-refractivity contribution in [2.45, 2.75) is 106 Å². The van der Waals surface area contributed by atoms with E-state index >= 15 is 0 Å². The fourth-order valence-corrected chi connectivity index (χ4v) is 7.85. The van der Waals surface area contributed by atoms with E-state index in [9.17, 15) is 34.8 Å². The number of rotatable bonds is 7. The molecule has 14 heteroatoms. The number of fused-ring (bicyclic) bond motifs is 14. The van der Waals surface area contributed by atoms with Gasteiger partial charge in [0, 0.05) is 73.3 Å². The quantitative estimate of drug-likeness (QED) is 0.127. The fraction of sp³-hybridized carbons (Fsp3) is 0.558. The molecule has 2 aromatic rings. The molecule has 0 spiro atoms. The Balaban J connectivity index is 2.00. The van der Waals surface area contributed by atoms with Gasteiger partial charge in [-0.1, -0.05) is 59.8 Å². The van der Waals surface area contributed by atoms with Crippen molar-refractivity contribution < 1.29 is 58.5 Å². The van der Waals surface area contributed by atoms with E-state index in [1.54, 1.807) is 59.8 Å². The van der Waals surface area contributed by atoms with Crippen molar-refractivity contribution in [3.63, 3.8) is 0 Å². The Hall–Kier alpha value is -4.63. The summed E-state index contributed by atoms with van der Waals surface area (Å²) in [5.74, 6) is -6.72. The predicted molar refractivity (Wildman–Crippen MR) is 215 cm³/mol. The lowest BCUT2D eigenvalue weighted by Gasteiger charge is -2.38. The Morgan fingerprint density at radius 1 is 0.947 bits per heavy atom. The van der Waals surface area contributed by atoms with E-state index < -0.39 is 77.3 Å². The van der Waals surface area contributed by atoms with Crippen molar-refractivity contribution in [2.24, 2.45) is 23.7 Å². The third kappa shape index (κ3) is 8.79. The van der Waals surface area contributed by atoms with Crippen LogP contribution in [0.4, 0.5) is 5.69 Å². The minimum atomic E-state index is -1.96. The van der Waals surface area contributed by atoms with Gasteiger partial charge in [0.1, 0.15) is 23.4 Å². The number of allylic oxidation sites excluding steroid dienone is 2. The van der Waals surface area contributed by atoms with Gasteiger partial charge in [-0.05, 0) is 33.0 Å². The molecule has 2 aromatic carbocycles. The number of aliphatic hydroxyl groups excluding tert-OH is 2. The van der Waals surface area contributed by atoms with Crippen molar-refractivity contribution in [3.05, 3.63) is 52.8 Å². The van der Waals surface area contributed by atoms with Crippen molar-refractivity contribution in [1.29, 1.82) is 0 Å². The first-order chi connectivity index (χ1) is 26.8. The highest BCUT2D eigenvalue weighted by molar-refractivity contribution is 6.22. The fourth-order valence-electron chi connectivity index (χ4n) is 7.85. The Morgan fingerprint density at radius 3 is 2.18 bits per heavy atom. The van der Waals surface area contributed by atoms with Crippen LogP contribution in [0.2, 0.25) is 0 Å². The average Bonchev–Trinajstić information content (AvgIpc) is 3.44. The summed E-state index contributed by atoms with van der Waals surface area (Å²) >= 11 is 0. The number of hydrogen-bond acceptors (Lipinski definition) is 13. The number of carbonyl (C=O) groups excluding carboxylic acids is 3. The molecule has 0 saturated carbocycles. The van der Waals surface area contributed by atoms with Crippen LogP contribution in [0.25, 0.3) is 10.8 Å². The van der Waals surface area contributed by atoms with Crippen LogP contribution in [-0.4, -0.2) is 100 Å². The first kappa shape index (κ1) is 45.1. The molecule has 0 radical (unpaired) electrons. The second-order valence-corrected chi connectivity index (χ2v) is 15.3. The van der Waals surface area contributed by atoms with Gasteiger partial charge < -0.3 is 49.4 Å². The Kier molecular flexibility index (Phi) is 14.5. The number of carbonyl (C=O) groups is 3. The number of aliphatic hydroxyl groups is 2. The topological polar surface area (TPSA) is 194 Å². The number of ketones is 1. The zero-order valence-corrected chi connectivity index (χ0v) is 35.1. The molecule has 5 N–H and O–H groups in total. The van der Waals surface area contributed by atoms with Gasteiger partial charge in [0.2, 0.25) is 0 Å². The molecule has 0 fully saturated rings. The van der Waals surface area contributed by atoms with Gasteiger partial charge in [-0.3, -0.25) is 19.3 Å². The van der Waals surface area contributed by atoms with Gasteiger partial charge in [-0.2, -0.15) is 0 Å². The number of esters is 1. The van der Waals surface area contributed by atoms with Crippen molar-refractivity contribution in [2.75, 3.05) is 32.6 Å². The molecule has 314 valence electrons. The van der Waals surface area contributed by atoms with Crippen LogP contribution in [0.5, 0.6) is 23.0 Å². The summed E-state index contributed by atoms with van der Waals surface area (Å²) in [6, 6.07) is 0. The lowest BCUT2D eigenvalue weighted by Crippen LogP contribution is -2.46. The number of anilines is 1. The van der Waals surface area contributed by atoms with Gasteiger partial charge >= 0.3 is 11.8 Å². The van der Waals surface area contributed by atoms with E-state index in [-0.39, 0.29) is 57.0 Å². The van der Waals surface area contributed by atoms with E-state index in [0.29, 0.717) is 18.7 Å². The Morgan fingerprint density at radius 2 is 1.60 bits per heavy atom. The maximum absolute atomic E-state index is 14.5. The maximum Gasteiger partial charge on any atom is 0.312 e. The molecule has 0 aliphatic carbocycles. The molecule has 3 heterocycles. The number of nitrogens with zero attached hydrogens (tertiary/aromatic N) is 1. The van der Waals surface area contributed by atoms with Crippen LogP contribution in [-0.2, 0) is 30.3 Å². The monoisotopic (exact) mass is 796 g/mol. The molecule has 0 aromatic heterocycles. The molecule has 5 bridgehead atoms. The third-order valence-electron chi connectivity index (χ3n) is 11.6. The van der Waals surface area contributed by atoms with Crippen molar-refractivity contribution in [1.82, 2.24) is 4.90 Å². The number of phenols is 2. The number of benzene rings is 2. The van der Waals surface area contributed by atoms with Crippen LogP contribution >= 0.6 is 0 Å². The highest BCUT2D eigenvalue weighted by atomic mass is 16.7. The number of Topliss-reactive ketones (excluding diaryl/α,β-unsaturated/α-hetero) is 1. The highest BCUT2D eigenvalue weighted by Gasteiger charge is 2.50. The summed E-state index contributed by atoms with van der Waals surface area (Å²) in [7, 11) is 2.84. The lowest BCUT2D eigenvalue weighted by atomic mass is 9.78. The van der Waals surface area contributed by atoms with Crippen LogP contribution in [0.3, 0.4) is 0 Å². The molecular weight excluding hydrogens is 736 g/mol. The number of amides is 1. The Bertz CT molecular complexity index is 1930. The molecule has 5 rings (SSSR count). The standard InChI is InChI=1S/C43H60N2O12/c1-13-45(14-2)20-28-33-37(50)31-30(36(28)49)32-40(26(8)39(31)54-12)57-43(10,41(32)51)55-19-18-29(53-11)23(5)38(56-27(9)46)25(7)35(48)24(6)34(47)21(3)16-15-17-22(4)42(52)44-33/h15-19,21,23-25,29,34-35,38,47-50H,13-14,20H2,1-12H3,(H,44,52)/b16-15+,19-18+,22-17-. The second-order valence-electron chi connectivity index (χ2n) is 15.3. The molecule has 3 aliphatic rings. The first-order valence-electron chi connectivity index (χ1n) is 19.4. The summed E-state index contributed by atoms with van der Waals surface area (Å²) < 4.78 is 29.6. The zero-order chi connectivity index (χ0) is 42.7. The van der Waals surface area contributed by atoms with E-state index in [1.807, 2.05) is 18.7 Å². The van der Waals surface area contributed by atoms with Gasteiger partial charge in [-0.15, -0.1) is 0 Å².